The van der Waals surface area contributed by atoms with Crippen molar-refractivity contribution in [1.82, 2.24) is 10.4 Å². The minimum absolute atomic E-state index is 0.283. The first kappa shape index (κ1) is 26.3. The molecule has 4 aromatic carbocycles. The minimum atomic E-state index is -0.507. The number of carbonyl (C=O) groups is 2. The Morgan fingerprint density at radius 2 is 1.63 bits per heavy atom. The number of nitrogens with one attached hydrogen (secondary N) is 2. The fraction of sp³-hybridized carbons (Fsp3) is 0. The summed E-state index contributed by atoms with van der Waals surface area (Å²) in [4.78, 5) is 29.3. The predicted octanol–water partition coefficient (Wildman–Crippen LogP) is 7.95. The molecule has 0 spiro atoms. The van der Waals surface area contributed by atoms with E-state index in [1.165, 1.54) is 6.21 Å². The van der Waals surface area contributed by atoms with Crippen LogP contribution in [-0.4, -0.2) is 23.1 Å². The number of fused-ring (bicyclic) bond motifs is 1. The number of carbonyl (C=O) groups excluding carboxylic acids is 2. The molecular formula is C29H18Br2IN3O3. The number of H-pyrrole nitrogens is 1. The molecule has 0 atom stereocenters. The molecule has 0 radical (unpaired) electrons. The lowest BCUT2D eigenvalue weighted by molar-refractivity contribution is 0.0733. The molecule has 0 aliphatic heterocycles. The van der Waals surface area contributed by atoms with E-state index in [4.69, 9.17) is 4.74 Å². The average molecular weight is 743 g/mol. The first-order valence-corrected chi connectivity index (χ1v) is 14.0. The largest absolute Gasteiger partial charge is 0.421 e. The summed E-state index contributed by atoms with van der Waals surface area (Å²) in [5, 5.41) is 5.14. The van der Waals surface area contributed by atoms with Gasteiger partial charge in [-0.25, -0.2) is 10.2 Å². The van der Waals surface area contributed by atoms with E-state index in [1.54, 1.807) is 36.4 Å². The van der Waals surface area contributed by atoms with Crippen LogP contribution in [0.1, 0.15) is 26.4 Å². The van der Waals surface area contributed by atoms with E-state index in [9.17, 15) is 9.59 Å². The van der Waals surface area contributed by atoms with Crippen LogP contribution >= 0.6 is 54.5 Å². The van der Waals surface area contributed by atoms with Crippen molar-refractivity contribution in [3.05, 3.63) is 120 Å². The SMILES string of the molecule is O=C(Oc1c(Br)cc(Br)cc1C=NNC(=O)c1[nH]c2c(I)cccc2c1-c1ccccc1)c1ccccc1. The van der Waals surface area contributed by atoms with Crippen molar-refractivity contribution in [3.63, 3.8) is 0 Å². The van der Waals surface area contributed by atoms with Crippen LogP contribution in [-0.2, 0) is 0 Å². The van der Waals surface area contributed by atoms with Crippen LogP contribution in [0.5, 0.6) is 5.75 Å². The van der Waals surface area contributed by atoms with Gasteiger partial charge in [-0.2, -0.15) is 5.10 Å². The lowest BCUT2D eigenvalue weighted by Crippen LogP contribution is -2.19. The number of hydrogen-bond acceptors (Lipinski definition) is 4. The molecule has 0 fully saturated rings. The highest BCUT2D eigenvalue weighted by atomic mass is 127. The highest BCUT2D eigenvalue weighted by Gasteiger charge is 2.20. The molecule has 5 rings (SSSR count). The Kier molecular flexibility index (Phi) is 8.06. The molecule has 38 heavy (non-hydrogen) atoms. The van der Waals surface area contributed by atoms with Gasteiger partial charge < -0.3 is 9.72 Å². The Bertz CT molecular complexity index is 1690. The Hall–Kier alpha value is -3.28. The molecule has 0 saturated carbocycles. The highest BCUT2D eigenvalue weighted by molar-refractivity contribution is 14.1. The molecule has 2 N–H and O–H groups in total. The number of aromatic nitrogens is 1. The fourth-order valence-corrected chi connectivity index (χ4v) is 5.95. The van der Waals surface area contributed by atoms with Gasteiger partial charge in [0.25, 0.3) is 5.91 Å². The summed E-state index contributed by atoms with van der Waals surface area (Å²) in [6.45, 7) is 0. The van der Waals surface area contributed by atoms with Gasteiger partial charge in [-0.05, 0) is 74.4 Å². The molecule has 0 unspecified atom stereocenters. The average Bonchev–Trinajstić information content (AvgIpc) is 3.32. The van der Waals surface area contributed by atoms with Crippen molar-refractivity contribution >= 4 is 83.4 Å². The van der Waals surface area contributed by atoms with Crippen molar-refractivity contribution < 1.29 is 14.3 Å². The van der Waals surface area contributed by atoms with Gasteiger partial charge in [0.15, 0.2) is 5.75 Å². The molecule has 0 saturated heterocycles. The third-order valence-corrected chi connectivity index (χ3v) is 7.63. The van der Waals surface area contributed by atoms with E-state index in [2.05, 4.69) is 70.0 Å². The van der Waals surface area contributed by atoms with Gasteiger partial charge in [0.05, 0.1) is 21.8 Å². The third-order valence-electron chi connectivity index (χ3n) is 5.68. The maximum Gasteiger partial charge on any atom is 0.343 e. The number of hydrazone groups is 1. The monoisotopic (exact) mass is 741 g/mol. The van der Waals surface area contributed by atoms with E-state index >= 15 is 0 Å². The zero-order valence-corrected chi connectivity index (χ0v) is 24.9. The number of ether oxygens (including phenoxy) is 1. The molecule has 0 bridgehead atoms. The molecule has 1 amide bonds. The number of benzene rings is 4. The smallest absolute Gasteiger partial charge is 0.343 e. The van der Waals surface area contributed by atoms with Crippen LogP contribution in [0.25, 0.3) is 22.0 Å². The number of halogens is 3. The van der Waals surface area contributed by atoms with Crippen molar-refractivity contribution in [2.75, 3.05) is 0 Å². The van der Waals surface area contributed by atoms with Crippen molar-refractivity contribution in [2.24, 2.45) is 5.10 Å². The molecule has 0 aliphatic rings. The van der Waals surface area contributed by atoms with E-state index in [1.807, 2.05) is 54.6 Å². The van der Waals surface area contributed by atoms with Gasteiger partial charge in [0.2, 0.25) is 0 Å². The molecular weight excluding hydrogens is 725 g/mol. The Morgan fingerprint density at radius 1 is 0.921 bits per heavy atom. The van der Waals surface area contributed by atoms with Crippen LogP contribution < -0.4 is 10.2 Å². The number of nitrogens with zero attached hydrogens (tertiary/aromatic N) is 1. The van der Waals surface area contributed by atoms with Crippen molar-refractivity contribution in [2.45, 2.75) is 0 Å². The summed E-state index contributed by atoms with van der Waals surface area (Å²) in [5.41, 5.74) is 6.52. The summed E-state index contributed by atoms with van der Waals surface area (Å²) in [7, 11) is 0. The quantitative estimate of drug-likeness (QED) is 0.0610. The normalized spacial score (nSPS) is 11.1. The van der Waals surface area contributed by atoms with E-state index < -0.39 is 11.9 Å². The number of para-hydroxylation sites is 1. The van der Waals surface area contributed by atoms with E-state index in [0.717, 1.165) is 30.1 Å². The van der Waals surface area contributed by atoms with Gasteiger partial charge in [0, 0.05) is 24.6 Å². The van der Waals surface area contributed by atoms with Crippen molar-refractivity contribution in [3.8, 4) is 16.9 Å². The molecule has 6 nitrogen and oxygen atoms in total. The second-order valence-corrected chi connectivity index (χ2v) is 11.1. The Morgan fingerprint density at radius 3 is 2.37 bits per heavy atom. The number of hydrogen-bond donors (Lipinski definition) is 2. The first-order chi connectivity index (χ1) is 18.4. The molecule has 0 aliphatic carbocycles. The summed E-state index contributed by atoms with van der Waals surface area (Å²) < 4.78 is 7.98. The van der Waals surface area contributed by atoms with E-state index in [-0.39, 0.29) is 5.75 Å². The number of amides is 1. The van der Waals surface area contributed by atoms with Crippen LogP contribution in [0, 0.1) is 3.57 Å². The van der Waals surface area contributed by atoms with Crippen molar-refractivity contribution in [1.29, 1.82) is 0 Å². The summed E-state index contributed by atoms with van der Waals surface area (Å²) in [6.07, 6.45) is 1.44. The third kappa shape index (κ3) is 5.59. The fourth-order valence-electron chi connectivity index (χ4n) is 3.98. The van der Waals surface area contributed by atoms with Gasteiger partial charge in [-0.3, -0.25) is 4.79 Å². The zero-order valence-electron chi connectivity index (χ0n) is 19.5. The van der Waals surface area contributed by atoms with Gasteiger partial charge in [-0.15, -0.1) is 0 Å². The summed E-state index contributed by atoms with van der Waals surface area (Å²) in [5.74, 6) is -0.623. The van der Waals surface area contributed by atoms with Crippen LogP contribution in [0.15, 0.2) is 105 Å². The Labute approximate surface area is 248 Å². The predicted molar refractivity (Wildman–Crippen MR) is 165 cm³/mol. The molecule has 188 valence electrons. The van der Waals surface area contributed by atoms with Crippen LogP contribution in [0.2, 0.25) is 0 Å². The standard InChI is InChI=1S/C29H18Br2IN3O3/c30-20-14-19(27(22(31)15-20)38-29(37)18-10-5-2-6-11-18)16-33-35-28(36)26-24(17-8-3-1-4-9-17)21-12-7-13-23(32)25(21)34-26/h1-16,34H,(H,35,36). The molecule has 1 aromatic heterocycles. The van der Waals surface area contributed by atoms with E-state index in [0.29, 0.717) is 21.3 Å². The first-order valence-electron chi connectivity index (χ1n) is 11.4. The van der Waals surface area contributed by atoms with Gasteiger partial charge in [-0.1, -0.05) is 76.6 Å². The van der Waals surface area contributed by atoms with Gasteiger partial charge >= 0.3 is 5.97 Å². The maximum absolute atomic E-state index is 13.3. The lowest BCUT2D eigenvalue weighted by atomic mass is 10.0. The summed E-state index contributed by atoms with van der Waals surface area (Å²) in [6, 6.07) is 27.9. The maximum atomic E-state index is 13.3. The van der Waals surface area contributed by atoms with Crippen LogP contribution in [0.4, 0.5) is 0 Å². The second-order valence-electron chi connectivity index (χ2n) is 8.16. The Balaban J connectivity index is 1.45. The zero-order chi connectivity index (χ0) is 26.6. The molecule has 5 aromatic rings. The molecule has 1 heterocycles. The summed E-state index contributed by atoms with van der Waals surface area (Å²) >= 11 is 9.16. The van der Waals surface area contributed by atoms with Crippen LogP contribution in [0.3, 0.4) is 0 Å². The van der Waals surface area contributed by atoms with Gasteiger partial charge in [0.1, 0.15) is 5.69 Å². The second kappa shape index (κ2) is 11.6. The number of esters is 1. The lowest BCUT2D eigenvalue weighted by Gasteiger charge is -2.10. The highest BCUT2D eigenvalue weighted by Crippen LogP contribution is 2.35. The number of rotatable bonds is 6. The molecule has 9 heteroatoms. The topological polar surface area (TPSA) is 83.5 Å². The minimum Gasteiger partial charge on any atom is -0.421 e. The number of aromatic amines is 1.